The number of carboxylic acids is 3. The van der Waals surface area contributed by atoms with Crippen LogP contribution < -0.4 is 10.6 Å². The van der Waals surface area contributed by atoms with E-state index in [0.29, 0.717) is 64.3 Å². The van der Waals surface area contributed by atoms with Crippen LogP contribution in [-0.4, -0.2) is 57.4 Å². The summed E-state index contributed by atoms with van der Waals surface area (Å²) in [4.78, 5) is 59.1. The summed E-state index contributed by atoms with van der Waals surface area (Å²) in [7, 11) is 0. The van der Waals surface area contributed by atoms with Crippen LogP contribution >= 0.6 is 0 Å². The molecule has 0 aliphatic heterocycles. The highest BCUT2D eigenvalue weighted by Gasteiger charge is 2.70. The Kier molecular flexibility index (Phi) is 9.02. The number of hydrogen-bond donors (Lipinski definition) is 5. The summed E-state index contributed by atoms with van der Waals surface area (Å²) in [5.41, 5.74) is -0.191. The average Bonchev–Trinajstić information content (AvgIpc) is 2.78. The van der Waals surface area contributed by atoms with Gasteiger partial charge in [0, 0.05) is 37.9 Å². The molecule has 3 saturated carbocycles. The Morgan fingerprint density at radius 1 is 0.795 bits per heavy atom. The van der Waals surface area contributed by atoms with E-state index in [-0.39, 0.29) is 31.6 Å². The lowest BCUT2D eigenvalue weighted by atomic mass is 9.31. The first-order valence-electron chi connectivity index (χ1n) is 13.8. The molecular weight excluding hydrogens is 508 g/mol. The van der Waals surface area contributed by atoms with Crippen molar-refractivity contribution in [2.75, 3.05) is 6.54 Å². The number of rotatable bonds is 15. The number of carbonyl (C=O) groups is 5. The van der Waals surface area contributed by atoms with E-state index in [1.807, 2.05) is 0 Å². The van der Waals surface area contributed by atoms with Gasteiger partial charge in [-0.05, 0) is 100 Å². The van der Waals surface area contributed by atoms with Gasteiger partial charge >= 0.3 is 24.0 Å². The maximum Gasteiger partial charge on any atom is 0.407 e. The van der Waals surface area contributed by atoms with E-state index in [1.54, 1.807) is 20.8 Å². The lowest BCUT2D eigenvalue weighted by Gasteiger charge is -2.73. The van der Waals surface area contributed by atoms with Crippen molar-refractivity contribution in [1.82, 2.24) is 10.6 Å². The van der Waals surface area contributed by atoms with Crippen molar-refractivity contribution in [3.8, 4) is 0 Å². The summed E-state index contributed by atoms with van der Waals surface area (Å²) in [5, 5.41) is 33.9. The lowest BCUT2D eigenvalue weighted by molar-refractivity contribution is -0.150. The second-order valence-electron chi connectivity index (χ2n) is 12.7. The molecule has 2 unspecified atom stereocenters. The molecular formula is C28H42N2O9. The van der Waals surface area contributed by atoms with Crippen molar-refractivity contribution in [2.24, 2.45) is 16.2 Å². The van der Waals surface area contributed by atoms with Crippen LogP contribution in [0.25, 0.3) is 0 Å². The summed E-state index contributed by atoms with van der Waals surface area (Å²) in [6, 6.07) is 0. The number of amides is 2. The topological polar surface area (TPSA) is 179 Å². The highest BCUT2D eigenvalue weighted by Crippen LogP contribution is 2.79. The van der Waals surface area contributed by atoms with Gasteiger partial charge < -0.3 is 30.7 Å². The molecule has 0 heterocycles. The van der Waals surface area contributed by atoms with Crippen molar-refractivity contribution in [2.45, 2.75) is 110 Å². The van der Waals surface area contributed by atoms with Gasteiger partial charge in [0.1, 0.15) is 5.60 Å². The van der Waals surface area contributed by atoms with E-state index in [1.165, 1.54) is 0 Å². The Bertz CT molecular complexity index is 1010. The number of hydrogen-bond acceptors (Lipinski definition) is 6. The average molecular weight is 551 g/mol. The third-order valence-electron chi connectivity index (χ3n) is 8.31. The summed E-state index contributed by atoms with van der Waals surface area (Å²) < 4.78 is 5.19. The number of carboxylic acid groups (broad SMARTS) is 3. The molecule has 4 bridgehead atoms. The third-order valence-corrected chi connectivity index (χ3v) is 8.31. The second-order valence-corrected chi connectivity index (χ2v) is 12.7. The molecule has 2 atom stereocenters. The Morgan fingerprint density at radius 3 is 1.85 bits per heavy atom. The monoisotopic (exact) mass is 550 g/mol. The maximum absolute atomic E-state index is 13.0. The van der Waals surface area contributed by atoms with Crippen molar-refractivity contribution in [1.29, 1.82) is 0 Å². The lowest BCUT2D eigenvalue weighted by Crippen LogP contribution is -2.64. The normalized spacial score (nSPS) is 26.9. The number of aliphatic carboxylic acids is 3. The largest absolute Gasteiger partial charge is 0.481 e. The molecule has 0 saturated heterocycles. The van der Waals surface area contributed by atoms with E-state index < -0.39 is 45.8 Å². The quantitative estimate of drug-likeness (QED) is 0.187. The summed E-state index contributed by atoms with van der Waals surface area (Å²) in [5.74, 6) is -2.95. The van der Waals surface area contributed by atoms with Crippen molar-refractivity contribution in [3.05, 3.63) is 11.3 Å². The minimum atomic E-state index is -0.917. The van der Waals surface area contributed by atoms with Gasteiger partial charge in [-0.1, -0.05) is 0 Å². The molecule has 11 heteroatoms. The first-order chi connectivity index (χ1) is 18.1. The molecule has 11 nitrogen and oxygen atoms in total. The molecule has 3 fully saturated rings. The van der Waals surface area contributed by atoms with Crippen molar-refractivity contribution < 1.29 is 44.0 Å². The molecule has 218 valence electrons. The number of fused-ring (bicyclic) bond motifs is 1. The van der Waals surface area contributed by atoms with Crippen LogP contribution in [0.4, 0.5) is 4.79 Å². The molecule has 5 aliphatic carbocycles. The molecule has 0 aromatic heterocycles. The van der Waals surface area contributed by atoms with E-state index in [2.05, 4.69) is 10.6 Å². The minimum Gasteiger partial charge on any atom is -0.481 e. The number of alkyl carbamates (subject to hydrolysis) is 1. The van der Waals surface area contributed by atoms with Crippen LogP contribution in [0.1, 0.15) is 104 Å². The minimum absolute atomic E-state index is 0.0365. The number of nitrogens with one attached hydrogen (secondary N) is 2. The predicted octanol–water partition coefficient (Wildman–Crippen LogP) is 4.21. The fourth-order valence-electron chi connectivity index (χ4n) is 7.49. The van der Waals surface area contributed by atoms with Crippen LogP contribution in [0, 0.1) is 16.2 Å². The molecule has 0 radical (unpaired) electrons. The Morgan fingerprint density at radius 2 is 1.33 bits per heavy atom. The Labute approximate surface area is 228 Å². The molecule has 0 spiro atoms. The molecule has 39 heavy (non-hydrogen) atoms. The molecule has 2 amide bonds. The van der Waals surface area contributed by atoms with Gasteiger partial charge in [-0.3, -0.25) is 19.2 Å². The van der Waals surface area contributed by atoms with Crippen LogP contribution in [-0.2, 0) is 23.9 Å². The third kappa shape index (κ3) is 7.51. The summed E-state index contributed by atoms with van der Waals surface area (Å²) >= 11 is 0. The Hall–Kier alpha value is -3.11. The molecule has 5 rings (SSSR count). The van der Waals surface area contributed by atoms with Crippen LogP contribution in [0.15, 0.2) is 11.3 Å². The van der Waals surface area contributed by atoms with Gasteiger partial charge in [-0.15, -0.1) is 0 Å². The van der Waals surface area contributed by atoms with Crippen LogP contribution in [0.2, 0.25) is 0 Å². The van der Waals surface area contributed by atoms with Crippen LogP contribution in [0.5, 0.6) is 0 Å². The molecule has 0 aromatic carbocycles. The molecule has 5 aliphatic rings. The highest BCUT2D eigenvalue weighted by molar-refractivity contribution is 5.78. The van der Waals surface area contributed by atoms with E-state index in [0.717, 1.165) is 11.3 Å². The predicted molar refractivity (Wildman–Crippen MR) is 140 cm³/mol. The van der Waals surface area contributed by atoms with Gasteiger partial charge in [0.25, 0.3) is 0 Å². The van der Waals surface area contributed by atoms with Gasteiger partial charge in [0.15, 0.2) is 0 Å². The molecule has 5 N–H and O–H groups in total. The first kappa shape index (κ1) is 30.4. The first-order valence-corrected chi connectivity index (χ1v) is 13.8. The number of ether oxygens (including phenoxy) is 1. The Balaban J connectivity index is 1.73. The standard InChI is InChI=1S/C28H42N2O9/c1-25(2,3)39-24(38)29-13-5-4-6-19(31)30-18-14-26(10-7-20(32)33)15-27(11-8-21(34)35)17-28(16-26,23(18)27)12-9-22(36)37/h4-17H2,1-3H3,(H,29,38)(H,30,31)(H,32,33)(H,34,35)(H,36,37). The smallest absolute Gasteiger partial charge is 0.407 e. The molecule has 0 aromatic rings. The fraction of sp³-hybridized carbons (Fsp3) is 0.750. The van der Waals surface area contributed by atoms with E-state index in [9.17, 15) is 39.3 Å². The highest BCUT2D eigenvalue weighted by atomic mass is 16.6. The van der Waals surface area contributed by atoms with Gasteiger partial charge in [0.05, 0.1) is 0 Å². The van der Waals surface area contributed by atoms with Gasteiger partial charge in [0.2, 0.25) is 5.91 Å². The zero-order valence-electron chi connectivity index (χ0n) is 23.2. The second kappa shape index (κ2) is 11.6. The van der Waals surface area contributed by atoms with Gasteiger partial charge in [-0.2, -0.15) is 0 Å². The van der Waals surface area contributed by atoms with E-state index in [4.69, 9.17) is 4.74 Å². The maximum atomic E-state index is 13.0. The zero-order chi connectivity index (χ0) is 29.1. The van der Waals surface area contributed by atoms with Crippen molar-refractivity contribution in [3.63, 3.8) is 0 Å². The zero-order valence-corrected chi connectivity index (χ0v) is 23.2. The van der Waals surface area contributed by atoms with Crippen molar-refractivity contribution >= 4 is 29.9 Å². The number of allylic oxidation sites excluding steroid dienone is 2. The van der Waals surface area contributed by atoms with Crippen LogP contribution in [0.3, 0.4) is 0 Å². The fourth-order valence-corrected chi connectivity index (χ4v) is 7.49. The number of carbonyl (C=O) groups excluding carboxylic acids is 2. The van der Waals surface area contributed by atoms with E-state index >= 15 is 0 Å². The summed E-state index contributed by atoms with van der Waals surface area (Å²) in [6.07, 6.45) is 4.37. The van der Waals surface area contributed by atoms with Gasteiger partial charge in [-0.25, -0.2) is 4.79 Å². The number of unbranched alkanes of at least 4 members (excludes halogenated alkanes) is 1. The summed E-state index contributed by atoms with van der Waals surface area (Å²) in [6.45, 7) is 5.69. The SMILES string of the molecule is CC(C)(C)OC(=O)NCCCCC(=O)NC1=C2C3(CCC(=O)O)CC(CCC(=O)O)(C1)CC2(CCC(=O)O)C3.